The molecule has 5 nitrogen and oxygen atoms in total. The minimum atomic E-state index is -0.519. The van der Waals surface area contributed by atoms with Gasteiger partial charge in [0.1, 0.15) is 24.1 Å². The maximum Gasteiger partial charge on any atom is 0.251 e. The van der Waals surface area contributed by atoms with Gasteiger partial charge in [0.05, 0.1) is 19.3 Å². The van der Waals surface area contributed by atoms with Crippen molar-refractivity contribution in [3.63, 3.8) is 0 Å². The number of carbonyl (C=O) groups excluding carboxylic acids is 1. The van der Waals surface area contributed by atoms with Crippen molar-refractivity contribution in [3.8, 4) is 0 Å². The van der Waals surface area contributed by atoms with Gasteiger partial charge in [0, 0.05) is 11.1 Å². The van der Waals surface area contributed by atoms with E-state index in [1.165, 1.54) is 4.68 Å². The summed E-state index contributed by atoms with van der Waals surface area (Å²) in [5.74, 6) is -0.288. The van der Waals surface area contributed by atoms with Crippen LogP contribution in [0.2, 0.25) is 0 Å². The number of amides is 1. The van der Waals surface area contributed by atoms with Crippen LogP contribution in [0.3, 0.4) is 0 Å². The first-order chi connectivity index (χ1) is 11.5. The third-order valence-electron chi connectivity index (χ3n) is 3.89. The number of benzene rings is 1. The van der Waals surface area contributed by atoms with E-state index in [0.29, 0.717) is 18.3 Å². The van der Waals surface area contributed by atoms with E-state index in [0.717, 1.165) is 36.6 Å². The van der Waals surface area contributed by atoms with Crippen molar-refractivity contribution >= 4 is 11.7 Å². The summed E-state index contributed by atoms with van der Waals surface area (Å²) in [6, 6.07) is 3.26. The lowest BCUT2D eigenvalue weighted by Crippen LogP contribution is -2.22. The molecule has 1 saturated carbocycles. The van der Waals surface area contributed by atoms with Gasteiger partial charge in [0.2, 0.25) is 0 Å². The van der Waals surface area contributed by atoms with Crippen LogP contribution in [0.5, 0.6) is 0 Å². The predicted molar refractivity (Wildman–Crippen MR) is 84.6 cm³/mol. The zero-order valence-electron chi connectivity index (χ0n) is 13.4. The molecule has 2 aromatic rings. The van der Waals surface area contributed by atoms with Crippen LogP contribution in [-0.4, -0.2) is 28.9 Å². The van der Waals surface area contributed by atoms with Crippen LogP contribution in [-0.2, 0) is 16.1 Å². The van der Waals surface area contributed by atoms with Crippen molar-refractivity contribution in [2.24, 2.45) is 5.92 Å². The molecule has 1 N–H and O–H groups in total. The van der Waals surface area contributed by atoms with Crippen molar-refractivity contribution in [2.75, 3.05) is 18.5 Å². The van der Waals surface area contributed by atoms with E-state index in [1.807, 2.05) is 0 Å². The van der Waals surface area contributed by atoms with Crippen LogP contribution in [0.1, 0.15) is 24.0 Å². The van der Waals surface area contributed by atoms with E-state index in [-0.39, 0.29) is 24.6 Å². The first-order valence-electron chi connectivity index (χ1n) is 7.87. The number of rotatable bonds is 7. The Bertz CT molecular complexity index is 741. The maximum absolute atomic E-state index is 13.8. The Balaban J connectivity index is 1.66. The van der Waals surface area contributed by atoms with Crippen LogP contribution in [0.15, 0.2) is 24.4 Å². The lowest BCUT2D eigenvalue weighted by molar-refractivity contribution is -0.120. The van der Waals surface area contributed by atoms with Gasteiger partial charge in [-0.15, -0.1) is 0 Å². The van der Waals surface area contributed by atoms with Crippen LogP contribution < -0.4 is 5.32 Å². The number of aryl methyl sites for hydroxylation is 1. The highest BCUT2D eigenvalue weighted by molar-refractivity contribution is 5.91. The Labute approximate surface area is 138 Å². The summed E-state index contributed by atoms with van der Waals surface area (Å²) in [6.45, 7) is 2.37. The summed E-state index contributed by atoms with van der Waals surface area (Å²) in [7, 11) is 0. The molecule has 1 amide bonds. The fraction of sp³-hybridized carbons (Fsp3) is 0.412. The smallest absolute Gasteiger partial charge is 0.251 e. The minimum absolute atomic E-state index is 0.0238. The second-order valence-corrected chi connectivity index (χ2v) is 6.08. The lowest BCUT2D eigenvalue weighted by atomic mass is 10.2. The quantitative estimate of drug-likeness (QED) is 0.846. The van der Waals surface area contributed by atoms with Gasteiger partial charge < -0.3 is 10.1 Å². The van der Waals surface area contributed by atoms with E-state index in [1.54, 1.807) is 13.1 Å². The van der Waals surface area contributed by atoms with E-state index >= 15 is 0 Å². The Kier molecular flexibility index (Phi) is 4.89. The largest absolute Gasteiger partial charge is 0.371 e. The highest BCUT2D eigenvalue weighted by Gasteiger charge is 2.22. The molecule has 1 aromatic heterocycles. The maximum atomic E-state index is 13.8. The van der Waals surface area contributed by atoms with Crippen LogP contribution in [0.4, 0.5) is 14.6 Å². The van der Waals surface area contributed by atoms with Gasteiger partial charge in [0.25, 0.3) is 5.91 Å². The van der Waals surface area contributed by atoms with Crippen LogP contribution in [0.25, 0.3) is 0 Å². The highest BCUT2D eigenvalue weighted by atomic mass is 19.1. The zero-order valence-corrected chi connectivity index (χ0v) is 13.4. The number of carbonyl (C=O) groups is 1. The van der Waals surface area contributed by atoms with E-state index < -0.39 is 11.6 Å². The number of nitrogens with one attached hydrogen (secondary N) is 1. The summed E-state index contributed by atoms with van der Waals surface area (Å²) in [4.78, 5) is 12.0. The minimum Gasteiger partial charge on any atom is -0.371 e. The number of ether oxygens (including phenoxy) is 1. The number of nitrogens with zero attached hydrogens (tertiary/aromatic N) is 2. The summed E-state index contributed by atoms with van der Waals surface area (Å²) >= 11 is 0. The van der Waals surface area contributed by atoms with Crippen molar-refractivity contribution in [1.29, 1.82) is 0 Å². The molecule has 0 radical (unpaired) electrons. The normalized spacial score (nSPS) is 14.0. The monoisotopic (exact) mass is 335 g/mol. The second-order valence-electron chi connectivity index (χ2n) is 6.08. The molecule has 1 heterocycles. The van der Waals surface area contributed by atoms with Gasteiger partial charge in [-0.25, -0.2) is 13.5 Å². The van der Waals surface area contributed by atoms with Crippen molar-refractivity contribution in [1.82, 2.24) is 9.78 Å². The average molecular weight is 335 g/mol. The van der Waals surface area contributed by atoms with Crippen LogP contribution in [0, 0.1) is 24.5 Å². The Morgan fingerprint density at radius 2 is 2.21 bits per heavy atom. The number of anilines is 1. The van der Waals surface area contributed by atoms with Crippen molar-refractivity contribution < 1.29 is 18.3 Å². The SMILES string of the molecule is Cc1cnn(Cc2cc(F)ccc2F)c1NC(=O)COCC1CC1. The highest BCUT2D eigenvalue weighted by Crippen LogP contribution is 2.28. The van der Waals surface area contributed by atoms with Gasteiger partial charge in [-0.3, -0.25) is 4.79 Å². The molecule has 0 bridgehead atoms. The summed E-state index contributed by atoms with van der Waals surface area (Å²) in [5.41, 5.74) is 0.904. The Morgan fingerprint density at radius 3 is 2.96 bits per heavy atom. The molecule has 1 aliphatic carbocycles. The standard InChI is InChI=1S/C17H19F2N3O2/c1-11-7-20-22(8-13-6-14(18)4-5-15(13)19)17(11)21-16(23)10-24-9-12-2-3-12/h4-7,12H,2-3,8-10H2,1H3,(H,21,23). The molecule has 3 rings (SSSR count). The Hall–Kier alpha value is -2.28. The molecule has 1 aromatic carbocycles. The molecule has 0 spiro atoms. The number of hydrogen-bond donors (Lipinski definition) is 1. The zero-order chi connectivity index (χ0) is 17.1. The summed E-state index contributed by atoms with van der Waals surface area (Å²) < 4.78 is 33.9. The number of hydrogen-bond acceptors (Lipinski definition) is 3. The topological polar surface area (TPSA) is 56.2 Å². The Morgan fingerprint density at radius 1 is 1.42 bits per heavy atom. The predicted octanol–water partition coefficient (Wildman–Crippen LogP) is 2.88. The molecular weight excluding hydrogens is 316 g/mol. The molecule has 1 fully saturated rings. The fourth-order valence-electron chi connectivity index (χ4n) is 2.36. The molecule has 1 aliphatic rings. The lowest BCUT2D eigenvalue weighted by Gasteiger charge is -2.11. The third-order valence-corrected chi connectivity index (χ3v) is 3.89. The number of aromatic nitrogens is 2. The van der Waals surface area contributed by atoms with Crippen LogP contribution >= 0.6 is 0 Å². The molecule has 0 saturated heterocycles. The first-order valence-corrected chi connectivity index (χ1v) is 7.87. The van der Waals surface area contributed by atoms with E-state index in [4.69, 9.17) is 4.74 Å². The van der Waals surface area contributed by atoms with Crippen molar-refractivity contribution in [3.05, 3.63) is 47.2 Å². The van der Waals surface area contributed by atoms with E-state index in [9.17, 15) is 13.6 Å². The van der Waals surface area contributed by atoms with E-state index in [2.05, 4.69) is 10.4 Å². The number of halogens is 2. The molecular formula is C17H19F2N3O2. The molecule has 7 heteroatoms. The molecule has 128 valence electrons. The van der Waals surface area contributed by atoms with Gasteiger partial charge >= 0.3 is 0 Å². The molecule has 0 aliphatic heterocycles. The van der Waals surface area contributed by atoms with Gasteiger partial charge in [0.15, 0.2) is 0 Å². The molecule has 0 atom stereocenters. The fourth-order valence-corrected chi connectivity index (χ4v) is 2.36. The second kappa shape index (κ2) is 7.09. The first kappa shape index (κ1) is 16.6. The summed E-state index contributed by atoms with van der Waals surface area (Å²) in [5, 5.41) is 6.85. The van der Waals surface area contributed by atoms with Gasteiger partial charge in [-0.2, -0.15) is 5.10 Å². The van der Waals surface area contributed by atoms with Gasteiger partial charge in [-0.05, 0) is 43.9 Å². The third kappa shape index (κ3) is 4.17. The molecule has 0 unspecified atom stereocenters. The average Bonchev–Trinajstić information content (AvgIpc) is 3.30. The molecule has 24 heavy (non-hydrogen) atoms. The van der Waals surface area contributed by atoms with Gasteiger partial charge in [-0.1, -0.05) is 0 Å². The van der Waals surface area contributed by atoms with Crippen molar-refractivity contribution in [2.45, 2.75) is 26.3 Å². The summed E-state index contributed by atoms with van der Waals surface area (Å²) in [6.07, 6.45) is 3.89.